The molecule has 1 aromatic rings. The van der Waals surface area contributed by atoms with Crippen LogP contribution in [0, 0.1) is 20.8 Å². The van der Waals surface area contributed by atoms with Crippen LogP contribution in [0.1, 0.15) is 53.2 Å². The first-order chi connectivity index (χ1) is 11.8. The van der Waals surface area contributed by atoms with E-state index >= 15 is 0 Å². The number of fused-ring (bicyclic) bond motifs is 2. The molecule has 1 amide bonds. The first-order valence-electron chi connectivity index (χ1n) is 9.04. The molecular formula is C20H28N2O3. The summed E-state index contributed by atoms with van der Waals surface area (Å²) in [5.74, 6) is -0.217. The first kappa shape index (κ1) is 17.9. The van der Waals surface area contributed by atoms with E-state index in [0.29, 0.717) is 6.04 Å². The van der Waals surface area contributed by atoms with Gasteiger partial charge in [-0.1, -0.05) is 17.7 Å². The van der Waals surface area contributed by atoms with Crippen molar-refractivity contribution in [1.29, 1.82) is 0 Å². The van der Waals surface area contributed by atoms with E-state index in [1.54, 1.807) is 0 Å². The second-order valence-corrected chi connectivity index (χ2v) is 7.69. The summed E-state index contributed by atoms with van der Waals surface area (Å²) in [5.41, 5.74) is 3.99. The van der Waals surface area contributed by atoms with Crippen LogP contribution in [0.25, 0.3) is 0 Å². The van der Waals surface area contributed by atoms with Gasteiger partial charge in [-0.25, -0.2) is 0 Å². The maximum absolute atomic E-state index is 12.8. The van der Waals surface area contributed by atoms with Gasteiger partial charge in [-0.15, -0.1) is 0 Å². The molecule has 2 saturated heterocycles. The van der Waals surface area contributed by atoms with E-state index in [4.69, 9.17) is 4.74 Å². The number of nitrogens with one attached hydrogen (secondary N) is 1. The van der Waals surface area contributed by atoms with E-state index in [9.17, 15) is 9.59 Å². The number of aryl methyl sites for hydroxylation is 3. The van der Waals surface area contributed by atoms with Gasteiger partial charge in [0.05, 0.1) is 0 Å². The topological polar surface area (TPSA) is 58.6 Å². The Labute approximate surface area is 149 Å². The molecule has 0 aliphatic carbocycles. The average molecular weight is 344 g/mol. The Hall–Kier alpha value is -1.88. The standard InChI is InChI=1S/C20H28N2O3/c1-11-6-12(2)19(13(3)7-11)20(24)21-15-8-16-10-18(25-14(4)23)17(9-15)22(16)5/h6-7,15-18H,8-10H2,1-5H3,(H,21,24). The lowest BCUT2D eigenvalue weighted by atomic mass is 9.95. The molecule has 0 radical (unpaired) electrons. The first-order valence-corrected chi connectivity index (χ1v) is 9.04. The van der Waals surface area contributed by atoms with Gasteiger partial charge in [0.2, 0.25) is 0 Å². The summed E-state index contributed by atoms with van der Waals surface area (Å²) in [6.07, 6.45) is 2.52. The number of likely N-dealkylation sites (N-methyl/N-ethyl adjacent to an activating group) is 1. The van der Waals surface area contributed by atoms with Crippen molar-refractivity contribution in [3.05, 3.63) is 34.4 Å². The van der Waals surface area contributed by atoms with Gasteiger partial charge >= 0.3 is 5.97 Å². The van der Waals surface area contributed by atoms with Crippen molar-refractivity contribution in [2.24, 2.45) is 0 Å². The molecule has 2 aliphatic heterocycles. The number of hydrogen-bond acceptors (Lipinski definition) is 4. The van der Waals surface area contributed by atoms with Gasteiger partial charge < -0.3 is 10.1 Å². The molecule has 2 fully saturated rings. The third kappa shape index (κ3) is 3.56. The van der Waals surface area contributed by atoms with Gasteiger partial charge in [0, 0.05) is 37.0 Å². The molecule has 1 aromatic carbocycles. The van der Waals surface area contributed by atoms with Crippen LogP contribution < -0.4 is 5.32 Å². The Morgan fingerprint density at radius 1 is 1.12 bits per heavy atom. The lowest BCUT2D eigenvalue weighted by Gasteiger charge is -2.37. The lowest BCUT2D eigenvalue weighted by Crippen LogP contribution is -2.50. The zero-order chi connectivity index (χ0) is 18.3. The quantitative estimate of drug-likeness (QED) is 0.856. The molecule has 5 heteroatoms. The summed E-state index contributed by atoms with van der Waals surface area (Å²) >= 11 is 0. The summed E-state index contributed by atoms with van der Waals surface area (Å²) in [4.78, 5) is 26.5. The third-order valence-corrected chi connectivity index (χ3v) is 5.67. The highest BCUT2D eigenvalue weighted by molar-refractivity contribution is 5.97. The molecule has 2 heterocycles. The molecule has 0 saturated carbocycles. The zero-order valence-electron chi connectivity index (χ0n) is 15.8. The number of piperidine rings is 1. The highest BCUT2D eigenvalue weighted by atomic mass is 16.5. The lowest BCUT2D eigenvalue weighted by molar-refractivity contribution is -0.147. The van der Waals surface area contributed by atoms with Gasteiger partial charge in [0.1, 0.15) is 6.10 Å². The second kappa shape index (κ2) is 6.79. The van der Waals surface area contributed by atoms with Crippen LogP contribution >= 0.6 is 0 Å². The Kier molecular flexibility index (Phi) is 4.87. The van der Waals surface area contributed by atoms with Crippen molar-refractivity contribution in [2.75, 3.05) is 7.05 Å². The fourth-order valence-corrected chi connectivity index (χ4v) is 4.67. The normalized spacial score (nSPS) is 28.7. The fourth-order valence-electron chi connectivity index (χ4n) is 4.67. The Balaban J connectivity index is 1.71. The molecule has 2 aliphatic rings. The van der Waals surface area contributed by atoms with E-state index in [0.717, 1.165) is 36.0 Å². The predicted molar refractivity (Wildman–Crippen MR) is 96.7 cm³/mol. The number of carbonyl (C=O) groups is 2. The summed E-state index contributed by atoms with van der Waals surface area (Å²) in [5, 5.41) is 3.23. The van der Waals surface area contributed by atoms with E-state index in [1.807, 2.05) is 20.8 Å². The highest BCUT2D eigenvalue weighted by Gasteiger charge is 2.46. The number of carbonyl (C=O) groups excluding carboxylic acids is 2. The van der Waals surface area contributed by atoms with E-state index in [2.05, 4.69) is 29.4 Å². The van der Waals surface area contributed by atoms with Crippen LogP contribution in [-0.2, 0) is 9.53 Å². The van der Waals surface area contributed by atoms with Gasteiger partial charge in [-0.05, 0) is 51.8 Å². The van der Waals surface area contributed by atoms with Crippen molar-refractivity contribution >= 4 is 11.9 Å². The number of hydrogen-bond donors (Lipinski definition) is 1. The molecule has 2 bridgehead atoms. The largest absolute Gasteiger partial charge is 0.461 e. The van der Waals surface area contributed by atoms with Crippen LogP contribution in [0.15, 0.2) is 12.1 Å². The third-order valence-electron chi connectivity index (χ3n) is 5.67. The van der Waals surface area contributed by atoms with Crippen LogP contribution in [0.5, 0.6) is 0 Å². The summed E-state index contributed by atoms with van der Waals surface area (Å²) < 4.78 is 5.49. The van der Waals surface area contributed by atoms with Crippen molar-refractivity contribution in [2.45, 2.75) is 71.2 Å². The Morgan fingerprint density at radius 3 is 2.36 bits per heavy atom. The Bertz CT molecular complexity index is 677. The number of benzene rings is 1. The molecule has 1 N–H and O–H groups in total. The van der Waals surface area contributed by atoms with Gasteiger partial charge in [-0.3, -0.25) is 14.5 Å². The minimum Gasteiger partial charge on any atom is -0.461 e. The SMILES string of the molecule is CC(=O)OC1CC2CC(NC(=O)c3c(C)cc(C)cc3C)CC1N2C. The van der Waals surface area contributed by atoms with Gasteiger partial charge in [-0.2, -0.15) is 0 Å². The molecule has 136 valence electrons. The molecule has 4 unspecified atom stereocenters. The van der Waals surface area contributed by atoms with Gasteiger partial charge in [0.25, 0.3) is 5.91 Å². The number of rotatable bonds is 3. The van der Waals surface area contributed by atoms with Crippen molar-refractivity contribution in [3.8, 4) is 0 Å². The average Bonchev–Trinajstić information content (AvgIpc) is 2.65. The number of amides is 1. The van der Waals surface area contributed by atoms with Crippen molar-refractivity contribution < 1.29 is 14.3 Å². The molecule has 5 nitrogen and oxygen atoms in total. The monoisotopic (exact) mass is 344 g/mol. The summed E-state index contributed by atoms with van der Waals surface area (Å²) in [7, 11) is 2.09. The molecule has 3 rings (SSSR count). The van der Waals surface area contributed by atoms with E-state index in [1.165, 1.54) is 12.5 Å². The molecule has 25 heavy (non-hydrogen) atoms. The molecule has 4 atom stereocenters. The summed E-state index contributed by atoms with van der Waals surface area (Å²) in [6, 6.07) is 4.77. The van der Waals surface area contributed by atoms with E-state index in [-0.39, 0.29) is 30.1 Å². The minimum atomic E-state index is -0.225. The van der Waals surface area contributed by atoms with Crippen molar-refractivity contribution in [3.63, 3.8) is 0 Å². The number of nitrogens with zero attached hydrogens (tertiary/aromatic N) is 1. The molecular weight excluding hydrogens is 316 g/mol. The number of esters is 1. The van der Waals surface area contributed by atoms with Crippen LogP contribution in [0.2, 0.25) is 0 Å². The van der Waals surface area contributed by atoms with E-state index < -0.39 is 0 Å². The van der Waals surface area contributed by atoms with Crippen LogP contribution in [0.3, 0.4) is 0 Å². The fraction of sp³-hybridized carbons (Fsp3) is 0.600. The smallest absolute Gasteiger partial charge is 0.302 e. The highest BCUT2D eigenvalue weighted by Crippen LogP contribution is 2.36. The van der Waals surface area contributed by atoms with Crippen LogP contribution in [-0.4, -0.2) is 48.1 Å². The molecule has 0 spiro atoms. The maximum atomic E-state index is 12.8. The minimum absolute atomic E-state index is 0.00740. The zero-order valence-corrected chi connectivity index (χ0v) is 15.8. The van der Waals surface area contributed by atoms with Crippen LogP contribution in [0.4, 0.5) is 0 Å². The number of ether oxygens (including phenoxy) is 1. The maximum Gasteiger partial charge on any atom is 0.302 e. The van der Waals surface area contributed by atoms with Crippen molar-refractivity contribution in [1.82, 2.24) is 10.2 Å². The van der Waals surface area contributed by atoms with Gasteiger partial charge in [0.15, 0.2) is 0 Å². The summed E-state index contributed by atoms with van der Waals surface area (Å²) in [6.45, 7) is 7.49. The molecule has 0 aromatic heterocycles. The predicted octanol–water partition coefficient (Wildman–Crippen LogP) is 2.51. The second-order valence-electron chi connectivity index (χ2n) is 7.69. The Morgan fingerprint density at radius 2 is 1.76 bits per heavy atom.